The highest BCUT2D eigenvalue weighted by Crippen LogP contribution is 2.23. The number of rotatable bonds is 20. The summed E-state index contributed by atoms with van der Waals surface area (Å²) in [6, 6.07) is 0. The van der Waals surface area contributed by atoms with Crippen LogP contribution in [0.2, 0.25) is 0 Å². The van der Waals surface area contributed by atoms with Gasteiger partial charge in [-0.15, -0.1) is 0 Å². The summed E-state index contributed by atoms with van der Waals surface area (Å²) in [4.78, 5) is 2.33. The minimum Gasteiger partial charge on any atom is -0.309 e. The maximum Gasteiger partial charge on any atom is -0.00248 e. The van der Waals surface area contributed by atoms with E-state index in [1.165, 1.54) is 122 Å². The number of hydrogen-bond donors (Lipinski definition) is 0. The van der Waals surface area contributed by atoms with Crippen molar-refractivity contribution in [2.75, 3.05) is 20.6 Å². The van der Waals surface area contributed by atoms with E-state index in [1.54, 1.807) is 0 Å². The topological polar surface area (TPSA) is 3.24 Å². The molecule has 1 heteroatoms. The van der Waals surface area contributed by atoms with Crippen LogP contribution in [0.25, 0.3) is 0 Å². The van der Waals surface area contributed by atoms with Crippen molar-refractivity contribution in [3.05, 3.63) is 0 Å². The molecule has 25 heavy (non-hydrogen) atoms. The summed E-state index contributed by atoms with van der Waals surface area (Å²) in [7, 11) is 4.39. The standard InChI is InChI=1S/C24H51N/c1-5-7-9-10-11-12-13-14-15-17-21-24(20-16-8-6-2)22-18-19-23-25(3)4/h24H,5-23H2,1-4H3. The van der Waals surface area contributed by atoms with Gasteiger partial charge in [0, 0.05) is 0 Å². The van der Waals surface area contributed by atoms with Crippen molar-refractivity contribution in [1.29, 1.82) is 0 Å². The van der Waals surface area contributed by atoms with Gasteiger partial charge in [-0.1, -0.05) is 123 Å². The normalized spacial score (nSPS) is 12.8. The van der Waals surface area contributed by atoms with Crippen molar-refractivity contribution in [1.82, 2.24) is 4.90 Å². The van der Waals surface area contributed by atoms with Gasteiger partial charge in [0.05, 0.1) is 0 Å². The molecule has 152 valence electrons. The molecule has 0 bridgehead atoms. The molecular weight excluding hydrogens is 302 g/mol. The molecule has 1 unspecified atom stereocenters. The van der Waals surface area contributed by atoms with Crippen LogP contribution >= 0.6 is 0 Å². The van der Waals surface area contributed by atoms with E-state index in [9.17, 15) is 0 Å². The van der Waals surface area contributed by atoms with Crippen LogP contribution in [-0.2, 0) is 0 Å². The van der Waals surface area contributed by atoms with E-state index < -0.39 is 0 Å². The van der Waals surface area contributed by atoms with Crippen LogP contribution in [0.4, 0.5) is 0 Å². The van der Waals surface area contributed by atoms with Crippen molar-refractivity contribution >= 4 is 0 Å². The molecule has 0 aromatic heterocycles. The molecule has 0 radical (unpaired) electrons. The monoisotopic (exact) mass is 353 g/mol. The lowest BCUT2D eigenvalue weighted by Crippen LogP contribution is -2.13. The fraction of sp³-hybridized carbons (Fsp3) is 1.00. The SMILES string of the molecule is CCCCCCCCCCCCC(CCCCC)CCCCN(C)C. The van der Waals surface area contributed by atoms with Crippen molar-refractivity contribution in [3.63, 3.8) is 0 Å². The average Bonchev–Trinajstić information content (AvgIpc) is 2.59. The largest absolute Gasteiger partial charge is 0.309 e. The number of nitrogens with zero attached hydrogens (tertiary/aromatic N) is 1. The Bertz CT molecular complexity index is 236. The Kier molecular flexibility index (Phi) is 20.2. The fourth-order valence-electron chi connectivity index (χ4n) is 3.90. The zero-order valence-corrected chi connectivity index (χ0v) is 18.5. The second-order valence-corrected chi connectivity index (χ2v) is 8.63. The van der Waals surface area contributed by atoms with E-state index in [-0.39, 0.29) is 0 Å². The van der Waals surface area contributed by atoms with Gasteiger partial charge in [-0.3, -0.25) is 0 Å². The third-order valence-corrected chi connectivity index (χ3v) is 5.65. The van der Waals surface area contributed by atoms with Crippen LogP contribution in [-0.4, -0.2) is 25.5 Å². The van der Waals surface area contributed by atoms with Crippen LogP contribution in [0.15, 0.2) is 0 Å². The molecule has 0 saturated carbocycles. The Morgan fingerprint density at radius 2 is 0.840 bits per heavy atom. The van der Waals surface area contributed by atoms with E-state index in [0.717, 1.165) is 5.92 Å². The first-order valence-electron chi connectivity index (χ1n) is 11.8. The van der Waals surface area contributed by atoms with Crippen molar-refractivity contribution in [2.45, 2.75) is 129 Å². The third kappa shape index (κ3) is 20.1. The number of hydrogen-bond acceptors (Lipinski definition) is 1. The molecule has 0 spiro atoms. The van der Waals surface area contributed by atoms with Crippen LogP contribution < -0.4 is 0 Å². The summed E-state index contributed by atoms with van der Waals surface area (Å²) >= 11 is 0. The first-order valence-corrected chi connectivity index (χ1v) is 11.8. The summed E-state index contributed by atoms with van der Waals surface area (Å²) in [5, 5.41) is 0. The lowest BCUT2D eigenvalue weighted by Gasteiger charge is -2.17. The summed E-state index contributed by atoms with van der Waals surface area (Å²) < 4.78 is 0. The lowest BCUT2D eigenvalue weighted by atomic mass is 9.90. The van der Waals surface area contributed by atoms with Gasteiger partial charge in [0.25, 0.3) is 0 Å². The highest BCUT2D eigenvalue weighted by molar-refractivity contribution is 4.62. The molecule has 1 nitrogen and oxygen atoms in total. The molecule has 0 amide bonds. The Morgan fingerprint density at radius 3 is 1.32 bits per heavy atom. The molecule has 0 heterocycles. The van der Waals surface area contributed by atoms with Gasteiger partial charge in [0.15, 0.2) is 0 Å². The highest BCUT2D eigenvalue weighted by Gasteiger charge is 2.08. The third-order valence-electron chi connectivity index (χ3n) is 5.65. The molecule has 1 atom stereocenters. The molecule has 0 aromatic carbocycles. The van der Waals surface area contributed by atoms with Crippen LogP contribution in [0.1, 0.15) is 129 Å². The Balaban J connectivity index is 3.60. The molecule has 0 aliphatic rings. The Hall–Kier alpha value is -0.0400. The van der Waals surface area contributed by atoms with Gasteiger partial charge in [-0.05, 0) is 33.0 Å². The molecule has 0 aromatic rings. The van der Waals surface area contributed by atoms with Gasteiger partial charge in [0.2, 0.25) is 0 Å². The van der Waals surface area contributed by atoms with Crippen LogP contribution in [0.5, 0.6) is 0 Å². The van der Waals surface area contributed by atoms with Gasteiger partial charge in [0.1, 0.15) is 0 Å². The Morgan fingerprint density at radius 1 is 0.480 bits per heavy atom. The zero-order valence-electron chi connectivity index (χ0n) is 18.5. The lowest BCUT2D eigenvalue weighted by molar-refractivity contribution is 0.345. The predicted molar refractivity (Wildman–Crippen MR) is 116 cm³/mol. The Labute approximate surface area is 161 Å². The van der Waals surface area contributed by atoms with E-state index in [2.05, 4.69) is 32.8 Å². The van der Waals surface area contributed by atoms with Crippen LogP contribution in [0.3, 0.4) is 0 Å². The minimum atomic E-state index is 1.02. The van der Waals surface area contributed by atoms with Crippen molar-refractivity contribution in [3.8, 4) is 0 Å². The molecular formula is C24H51N. The van der Waals surface area contributed by atoms with Crippen molar-refractivity contribution in [2.24, 2.45) is 5.92 Å². The predicted octanol–water partition coefficient (Wildman–Crippen LogP) is 8.23. The molecule has 0 aliphatic carbocycles. The molecule has 0 N–H and O–H groups in total. The zero-order chi connectivity index (χ0) is 18.6. The average molecular weight is 354 g/mol. The van der Waals surface area contributed by atoms with Crippen molar-refractivity contribution < 1.29 is 0 Å². The second-order valence-electron chi connectivity index (χ2n) is 8.63. The summed E-state index contributed by atoms with van der Waals surface area (Å²) in [6.45, 7) is 5.89. The summed E-state index contributed by atoms with van der Waals surface area (Å²) in [5.74, 6) is 1.02. The van der Waals surface area contributed by atoms with Crippen LogP contribution in [0, 0.1) is 5.92 Å². The van der Waals surface area contributed by atoms with Gasteiger partial charge in [-0.2, -0.15) is 0 Å². The molecule has 0 saturated heterocycles. The van der Waals surface area contributed by atoms with Gasteiger partial charge in [-0.25, -0.2) is 0 Å². The molecule has 0 rings (SSSR count). The van der Waals surface area contributed by atoms with E-state index in [0.29, 0.717) is 0 Å². The van der Waals surface area contributed by atoms with E-state index in [4.69, 9.17) is 0 Å². The first-order chi connectivity index (χ1) is 12.2. The minimum absolute atomic E-state index is 1.02. The second kappa shape index (κ2) is 20.3. The fourth-order valence-corrected chi connectivity index (χ4v) is 3.90. The van der Waals surface area contributed by atoms with E-state index >= 15 is 0 Å². The molecule has 0 aliphatic heterocycles. The maximum absolute atomic E-state index is 2.33. The van der Waals surface area contributed by atoms with Gasteiger partial charge >= 0.3 is 0 Å². The van der Waals surface area contributed by atoms with E-state index in [1.807, 2.05) is 0 Å². The summed E-state index contributed by atoms with van der Waals surface area (Å²) in [6.07, 6.45) is 26.2. The van der Waals surface area contributed by atoms with Gasteiger partial charge < -0.3 is 4.90 Å². The molecule has 0 fully saturated rings. The first kappa shape index (κ1) is 25.0. The summed E-state index contributed by atoms with van der Waals surface area (Å²) in [5.41, 5.74) is 0. The number of unbranched alkanes of at least 4 members (excludes halogenated alkanes) is 12. The maximum atomic E-state index is 2.33. The quantitative estimate of drug-likeness (QED) is 0.199. The smallest absolute Gasteiger partial charge is 0.00248 e. The highest BCUT2D eigenvalue weighted by atomic mass is 15.0.